The molecule has 35 atom stereocenters. The van der Waals surface area contributed by atoms with Gasteiger partial charge in [0.25, 0.3) is 20.2 Å². The lowest BCUT2D eigenvalue weighted by atomic mass is 9.94. The number of aliphatic hydroxyl groups is 5. The molecule has 21 aliphatic heterocycles. The molecule has 39 nitrogen and oxygen atoms in total. The van der Waals surface area contributed by atoms with E-state index in [1.54, 1.807) is 38.1 Å². The van der Waals surface area contributed by atoms with Crippen molar-refractivity contribution in [3.8, 4) is 0 Å². The lowest BCUT2D eigenvalue weighted by Crippen LogP contribution is -2.69. The molecule has 21 saturated heterocycles. The standard InChI is InChI=1S/C70H110O39S2/c1-32-17-21-34(22-18-32)110(76,77)94-30-41-48-55(85-8)63(93-16)70(102-41)109-49-42(31-95-111(78,79)35-23-19-33(2)20-24-35)101-69(62(92-15)56(49)86-9)107-47-40(29-75)99-67(60(90-13)54(47)84-7)105-45-38(27-73)97-65(58(88-11)52(45)82-5)103-43-36(25-71)96-64(57(87-10)50(43)80-3)104-44-37(26-72)98-66(59(89-12)51(44)81-4)106-46-39(28-74)100-68(108-48)61(91-14)53(46)83-6/h17-24,36-75H,25-31H2,1-16H3/t36-,37-,38-,39-,40-,41-,42-,43-,44-,45-,46-,47-,48-,49-,50+,51+,52+,53+,54+,55+,56+,57-,58-,59-,60-,61-,62-,63-,64-,65-,66-,67-,68-,69-,70-/m1/s1. The Morgan fingerprint density at radius 2 is 0.396 bits per heavy atom. The maximum Gasteiger partial charge on any atom is 0.297 e. The van der Waals surface area contributed by atoms with Crippen molar-refractivity contribution in [2.75, 3.05) is 146 Å². The Labute approximate surface area is 645 Å². The van der Waals surface area contributed by atoms with Gasteiger partial charge in [-0.2, -0.15) is 16.8 Å². The van der Waals surface area contributed by atoms with Gasteiger partial charge in [-0.3, -0.25) is 8.37 Å². The van der Waals surface area contributed by atoms with Crippen LogP contribution in [0, 0.1) is 13.8 Å². The number of aliphatic hydroxyl groups excluding tert-OH is 5. The average molecular weight is 1640 g/mol. The van der Waals surface area contributed by atoms with Gasteiger partial charge in [0.1, 0.15) is 171 Å². The van der Waals surface area contributed by atoms with E-state index in [9.17, 15) is 42.4 Å². The summed E-state index contributed by atoms with van der Waals surface area (Å²) in [6.45, 7) is -2.00. The molecule has 0 amide bonds. The third-order valence-electron chi connectivity index (χ3n) is 21.3. The van der Waals surface area contributed by atoms with Gasteiger partial charge in [0.05, 0.1) is 56.0 Å². The first-order valence-electron chi connectivity index (χ1n) is 36.0. The number of methoxy groups -OCH3 is 14. The normalized spacial score (nSPS) is 42.3. The molecule has 111 heavy (non-hydrogen) atoms. The molecule has 21 fully saturated rings. The number of ether oxygens (including phenoxy) is 28. The van der Waals surface area contributed by atoms with Gasteiger partial charge < -0.3 is 158 Å². The Morgan fingerprint density at radius 1 is 0.243 bits per heavy atom. The van der Waals surface area contributed by atoms with Crippen LogP contribution in [0.3, 0.4) is 0 Å². The van der Waals surface area contributed by atoms with E-state index in [1.165, 1.54) is 124 Å². The highest BCUT2D eigenvalue weighted by atomic mass is 32.2. The predicted molar refractivity (Wildman–Crippen MR) is 370 cm³/mol. The molecule has 41 heteroatoms. The first-order valence-corrected chi connectivity index (χ1v) is 38.8. The summed E-state index contributed by atoms with van der Waals surface area (Å²) in [6, 6.07) is 11.7. The van der Waals surface area contributed by atoms with E-state index in [0.717, 1.165) is 11.1 Å². The fourth-order valence-corrected chi connectivity index (χ4v) is 17.5. The molecule has 0 saturated carbocycles. The molecule has 0 spiro atoms. The van der Waals surface area contributed by atoms with Crippen molar-refractivity contribution in [2.45, 2.75) is 239 Å². The summed E-state index contributed by atoms with van der Waals surface area (Å²) < 4.78 is 249. The monoisotopic (exact) mass is 1640 g/mol. The largest absolute Gasteiger partial charge is 0.394 e. The summed E-state index contributed by atoms with van der Waals surface area (Å²) in [5.41, 5.74) is 1.50. The predicted octanol–water partition coefficient (Wildman–Crippen LogP) is -2.63. The molecule has 0 aromatic heterocycles. The van der Waals surface area contributed by atoms with Crippen LogP contribution in [0.15, 0.2) is 58.3 Å². The van der Waals surface area contributed by atoms with E-state index in [2.05, 4.69) is 0 Å². The molecule has 2 aromatic rings. The quantitative estimate of drug-likeness (QED) is 0.0571. The molecular formula is C70H110O39S2. The van der Waals surface area contributed by atoms with Gasteiger partial charge in [0.15, 0.2) is 44.0 Å². The van der Waals surface area contributed by atoms with E-state index in [-0.39, 0.29) is 9.79 Å². The molecule has 14 bridgehead atoms. The highest BCUT2D eigenvalue weighted by Crippen LogP contribution is 2.43. The minimum atomic E-state index is -4.63. The van der Waals surface area contributed by atoms with Crippen LogP contribution in [0.2, 0.25) is 0 Å². The zero-order valence-corrected chi connectivity index (χ0v) is 66.3. The average Bonchev–Trinajstić information content (AvgIpc) is 0.786. The third kappa shape index (κ3) is 19.3. The molecule has 0 unspecified atom stereocenters. The van der Waals surface area contributed by atoms with Crippen molar-refractivity contribution in [3.05, 3.63) is 59.7 Å². The van der Waals surface area contributed by atoms with Crippen molar-refractivity contribution in [1.29, 1.82) is 0 Å². The maximum absolute atomic E-state index is 14.3. The van der Waals surface area contributed by atoms with Crippen LogP contribution in [0.5, 0.6) is 0 Å². The molecule has 636 valence electrons. The summed E-state index contributed by atoms with van der Waals surface area (Å²) in [6.07, 6.45) is -49.0. The zero-order chi connectivity index (χ0) is 80.3. The number of hydrogen-bond donors (Lipinski definition) is 5. The Hall–Kier alpha value is -3.06. The first-order chi connectivity index (χ1) is 53.5. The molecule has 23 rings (SSSR count). The van der Waals surface area contributed by atoms with Crippen molar-refractivity contribution < 1.29 is 183 Å². The van der Waals surface area contributed by atoms with E-state index in [0.29, 0.717) is 0 Å². The number of aryl methyl sites for hydroxylation is 2. The second-order valence-corrected chi connectivity index (χ2v) is 30.6. The molecule has 5 N–H and O–H groups in total. The van der Waals surface area contributed by atoms with Crippen LogP contribution < -0.4 is 0 Å². The van der Waals surface area contributed by atoms with Gasteiger partial charge in [-0.25, -0.2) is 0 Å². The topological polar surface area (TPSA) is 446 Å². The lowest BCUT2D eigenvalue weighted by Gasteiger charge is -2.52. The molecule has 0 aliphatic carbocycles. The van der Waals surface area contributed by atoms with Crippen LogP contribution in [-0.2, 0) is 161 Å². The van der Waals surface area contributed by atoms with Crippen LogP contribution in [-0.4, -0.2) is 403 Å². The molecule has 21 heterocycles. The van der Waals surface area contributed by atoms with E-state index in [1.807, 2.05) is 0 Å². The van der Waals surface area contributed by atoms with Crippen molar-refractivity contribution in [1.82, 2.24) is 0 Å². The lowest BCUT2D eigenvalue weighted by molar-refractivity contribution is -0.402. The van der Waals surface area contributed by atoms with Crippen LogP contribution in [0.4, 0.5) is 0 Å². The third-order valence-corrected chi connectivity index (χ3v) is 23.9. The summed E-state index contributed by atoms with van der Waals surface area (Å²) in [4.78, 5) is -0.447. The van der Waals surface area contributed by atoms with Gasteiger partial charge in [-0.1, -0.05) is 35.4 Å². The van der Waals surface area contributed by atoms with Crippen LogP contribution >= 0.6 is 0 Å². The summed E-state index contributed by atoms with van der Waals surface area (Å²) in [5.74, 6) is 0. The first kappa shape index (κ1) is 90.3. The number of rotatable bonds is 27. The van der Waals surface area contributed by atoms with Gasteiger partial charge in [0.2, 0.25) is 0 Å². The Morgan fingerprint density at radius 3 is 0.550 bits per heavy atom. The molecule has 2 aromatic carbocycles. The maximum atomic E-state index is 14.3. The fourth-order valence-electron chi connectivity index (χ4n) is 15.6. The number of hydrogen-bond acceptors (Lipinski definition) is 39. The van der Waals surface area contributed by atoms with Crippen LogP contribution in [0.1, 0.15) is 11.1 Å². The Bertz CT molecular complexity index is 3250. The second-order valence-electron chi connectivity index (χ2n) is 27.3. The Kier molecular flexibility index (Phi) is 33.4. The van der Waals surface area contributed by atoms with Crippen LogP contribution in [0.25, 0.3) is 0 Å². The molecule has 0 radical (unpaired) electrons. The van der Waals surface area contributed by atoms with Gasteiger partial charge >= 0.3 is 0 Å². The zero-order valence-electron chi connectivity index (χ0n) is 64.7. The smallest absolute Gasteiger partial charge is 0.297 e. The minimum absolute atomic E-state index is 0.224. The van der Waals surface area contributed by atoms with E-state index >= 15 is 0 Å². The van der Waals surface area contributed by atoms with Crippen molar-refractivity contribution >= 4 is 20.2 Å². The summed E-state index contributed by atoms with van der Waals surface area (Å²) in [5, 5.41) is 56.6. The minimum Gasteiger partial charge on any atom is -0.394 e. The van der Waals surface area contributed by atoms with Crippen molar-refractivity contribution in [2.24, 2.45) is 0 Å². The van der Waals surface area contributed by atoms with Crippen molar-refractivity contribution in [3.63, 3.8) is 0 Å². The highest BCUT2D eigenvalue weighted by Gasteiger charge is 2.62. The highest BCUT2D eigenvalue weighted by molar-refractivity contribution is 7.87. The molecular weight excluding hydrogens is 1530 g/mol. The van der Waals surface area contributed by atoms with E-state index in [4.69, 9.17) is 141 Å². The molecule has 21 aliphatic rings. The fraction of sp³-hybridized carbons (Fsp3) is 0.829. The van der Waals surface area contributed by atoms with Gasteiger partial charge in [-0.05, 0) is 38.1 Å². The van der Waals surface area contributed by atoms with E-state index < -0.39 is 281 Å². The Balaban J connectivity index is 1.09. The summed E-state index contributed by atoms with van der Waals surface area (Å²) in [7, 11) is 9.29. The second kappa shape index (κ2) is 41.1. The summed E-state index contributed by atoms with van der Waals surface area (Å²) >= 11 is 0. The van der Waals surface area contributed by atoms with Gasteiger partial charge in [0, 0.05) is 99.5 Å². The number of benzene rings is 2. The van der Waals surface area contributed by atoms with Gasteiger partial charge in [-0.15, -0.1) is 0 Å². The SMILES string of the molecule is CO[C@@H]1[C@@H](OC)[C@H]2O[C@H]3[C@H](OC)[C@@H](OC)[C@@H](O[C@H]4[C@H](OC)[C@@H](OC)[C@@H](O[C@H]5[C@H](OC)[C@@H](OC)[C@@H](O[C@H]6[C@H](OC)[C@@H](OC)[C@@H](O[C@H]7[C@H](OC)[C@@H](OC)[C@@H](O[C@H]8[C@H](OC)[C@@H](OC)[C@@H](O[C@@H]1[C@@H](CO)O2)O[C@@H]8CO)O[C@@H]7CO)O[C@@H]6COS(=O)(=O)c1ccc(C)cc1)O[C@@H]5COS(=O)(=O)c1ccc(C)cc1)O[C@@H]4CO)O[C@@H]3CO.